The maximum atomic E-state index is 9.49. The van der Waals surface area contributed by atoms with E-state index in [0.717, 1.165) is 5.56 Å². The van der Waals surface area contributed by atoms with Crippen LogP contribution < -0.4 is 15.2 Å². The molecule has 138 valence electrons. The second kappa shape index (κ2) is 8.43. The molecule has 0 saturated heterocycles. The highest BCUT2D eigenvalue weighted by Gasteiger charge is 2.15. The summed E-state index contributed by atoms with van der Waals surface area (Å²) in [6.07, 6.45) is 1.62. The van der Waals surface area contributed by atoms with Gasteiger partial charge in [0.05, 0.1) is 18.4 Å². The second-order valence-corrected chi connectivity index (χ2v) is 5.83. The first kappa shape index (κ1) is 18.6. The van der Waals surface area contributed by atoms with Crippen molar-refractivity contribution in [1.82, 2.24) is 10.2 Å². The number of anilines is 1. The molecular weight excluding hydrogens is 354 g/mol. The van der Waals surface area contributed by atoms with Crippen molar-refractivity contribution in [2.75, 3.05) is 12.8 Å². The number of nitrogens with zero attached hydrogens (tertiary/aromatic N) is 3. The smallest absolute Gasteiger partial charge is 0.163 e. The predicted molar refractivity (Wildman–Crippen MR) is 105 cm³/mol. The maximum Gasteiger partial charge on any atom is 0.163 e. The van der Waals surface area contributed by atoms with E-state index in [1.165, 1.54) is 0 Å². The fraction of sp³-hybridized carbons (Fsp3) is 0.0952. The van der Waals surface area contributed by atoms with E-state index in [-0.39, 0.29) is 22.6 Å². The summed E-state index contributed by atoms with van der Waals surface area (Å²) in [5.74, 6) is 1.18. The average Bonchev–Trinajstić information content (AvgIpc) is 3.11. The van der Waals surface area contributed by atoms with Crippen LogP contribution in [0.1, 0.15) is 22.4 Å². The molecule has 3 aromatic rings. The minimum atomic E-state index is 0.0564. The van der Waals surface area contributed by atoms with E-state index in [1.807, 2.05) is 36.4 Å². The van der Waals surface area contributed by atoms with Crippen molar-refractivity contribution < 1.29 is 9.47 Å². The zero-order valence-electron chi connectivity index (χ0n) is 15.1. The lowest BCUT2D eigenvalue weighted by Gasteiger charge is -2.11. The molecule has 3 N–H and O–H groups in total. The molecule has 7 nitrogen and oxygen atoms in total. The van der Waals surface area contributed by atoms with Crippen LogP contribution in [-0.2, 0) is 6.61 Å². The van der Waals surface area contributed by atoms with Gasteiger partial charge in [0.2, 0.25) is 0 Å². The number of methoxy groups -OCH3 is 1. The van der Waals surface area contributed by atoms with Crippen LogP contribution in [0.15, 0.2) is 48.5 Å². The minimum absolute atomic E-state index is 0.0564. The molecule has 0 bridgehead atoms. The number of hydrogen-bond donors (Lipinski definition) is 2. The van der Waals surface area contributed by atoms with Crippen molar-refractivity contribution in [3.63, 3.8) is 0 Å². The number of allylic oxidation sites excluding steroid dienone is 1. The van der Waals surface area contributed by atoms with E-state index in [0.29, 0.717) is 23.7 Å². The largest absolute Gasteiger partial charge is 0.493 e. The molecule has 2 aromatic carbocycles. The molecule has 1 heterocycles. The number of benzene rings is 2. The first-order valence-electron chi connectivity index (χ1n) is 8.37. The van der Waals surface area contributed by atoms with E-state index >= 15 is 0 Å². The zero-order chi connectivity index (χ0) is 19.9. The third-order valence-corrected chi connectivity index (χ3v) is 4.03. The summed E-state index contributed by atoms with van der Waals surface area (Å²) in [6, 6.07) is 19.1. The lowest BCUT2D eigenvalue weighted by Crippen LogP contribution is -1.97. The van der Waals surface area contributed by atoms with E-state index in [2.05, 4.69) is 16.3 Å². The van der Waals surface area contributed by atoms with Crippen molar-refractivity contribution in [2.45, 2.75) is 6.61 Å². The van der Waals surface area contributed by atoms with Gasteiger partial charge in [-0.1, -0.05) is 36.4 Å². The Morgan fingerprint density at radius 3 is 2.64 bits per heavy atom. The number of aromatic nitrogens is 2. The normalized spacial score (nSPS) is 10.8. The number of nitriles is 2. The molecule has 0 saturated carbocycles. The summed E-state index contributed by atoms with van der Waals surface area (Å²) < 4.78 is 11.3. The van der Waals surface area contributed by atoms with Crippen LogP contribution in [0.4, 0.5) is 5.82 Å². The minimum Gasteiger partial charge on any atom is -0.493 e. The third-order valence-electron chi connectivity index (χ3n) is 4.03. The van der Waals surface area contributed by atoms with E-state index in [1.54, 1.807) is 31.4 Å². The Balaban J connectivity index is 1.87. The first-order valence-corrected chi connectivity index (χ1v) is 8.37. The molecule has 0 radical (unpaired) electrons. The van der Waals surface area contributed by atoms with Gasteiger partial charge in [0.15, 0.2) is 17.3 Å². The number of ether oxygens (including phenoxy) is 2. The van der Waals surface area contributed by atoms with Crippen LogP contribution in [0.3, 0.4) is 0 Å². The van der Waals surface area contributed by atoms with Crippen molar-refractivity contribution >= 4 is 17.5 Å². The number of nitrogens with one attached hydrogen (secondary N) is 1. The maximum absolute atomic E-state index is 9.49. The summed E-state index contributed by atoms with van der Waals surface area (Å²) in [5.41, 5.74) is 8.06. The van der Waals surface area contributed by atoms with Crippen LogP contribution in [0, 0.1) is 22.7 Å². The highest BCUT2D eigenvalue weighted by molar-refractivity contribution is 5.91. The molecule has 0 aliphatic heterocycles. The van der Waals surface area contributed by atoms with Gasteiger partial charge in [-0.25, -0.2) is 0 Å². The second-order valence-electron chi connectivity index (χ2n) is 5.83. The lowest BCUT2D eigenvalue weighted by atomic mass is 10.1. The van der Waals surface area contributed by atoms with Gasteiger partial charge in [-0.05, 0) is 29.3 Å². The van der Waals surface area contributed by atoms with Crippen LogP contribution >= 0.6 is 0 Å². The van der Waals surface area contributed by atoms with Gasteiger partial charge in [-0.2, -0.15) is 15.6 Å². The highest BCUT2D eigenvalue weighted by Crippen LogP contribution is 2.31. The van der Waals surface area contributed by atoms with Crippen LogP contribution in [0.25, 0.3) is 11.6 Å². The molecule has 0 amide bonds. The third kappa shape index (κ3) is 3.95. The Bertz CT molecular complexity index is 1090. The van der Waals surface area contributed by atoms with Gasteiger partial charge in [0, 0.05) is 0 Å². The number of H-pyrrole nitrogens is 1. The standard InChI is InChI=1S/C21H17N5O2/c1-27-19-10-15(7-8-18(19)28-13-14-5-3-2-4-6-14)9-16(11-22)20-17(12-23)21(24)26-25-20/h2-10H,13H2,1H3,(H3,24,25,26)/b16-9+. The number of aromatic amines is 1. The Morgan fingerprint density at radius 1 is 1.18 bits per heavy atom. The van der Waals surface area contributed by atoms with Crippen LogP contribution in [-0.4, -0.2) is 17.3 Å². The summed E-state index contributed by atoms with van der Waals surface area (Å²) >= 11 is 0. The fourth-order valence-corrected chi connectivity index (χ4v) is 2.62. The van der Waals surface area contributed by atoms with E-state index in [9.17, 15) is 10.5 Å². The summed E-state index contributed by atoms with van der Waals surface area (Å²) in [5, 5.41) is 25.1. The van der Waals surface area contributed by atoms with E-state index in [4.69, 9.17) is 15.2 Å². The van der Waals surface area contributed by atoms with Gasteiger partial charge in [-0.3, -0.25) is 5.10 Å². The fourth-order valence-electron chi connectivity index (χ4n) is 2.62. The van der Waals surface area contributed by atoms with Gasteiger partial charge in [0.1, 0.15) is 24.3 Å². The molecule has 7 heteroatoms. The molecule has 0 aliphatic rings. The van der Waals surface area contributed by atoms with Gasteiger partial charge < -0.3 is 15.2 Å². The lowest BCUT2D eigenvalue weighted by molar-refractivity contribution is 0.284. The Hall–Kier alpha value is -4.23. The Morgan fingerprint density at radius 2 is 1.96 bits per heavy atom. The molecule has 1 aromatic heterocycles. The number of nitrogens with two attached hydrogens (primary N) is 1. The zero-order valence-corrected chi connectivity index (χ0v) is 15.1. The Kier molecular flexibility index (Phi) is 5.59. The van der Waals surface area contributed by atoms with Gasteiger partial charge >= 0.3 is 0 Å². The molecule has 0 unspecified atom stereocenters. The number of rotatable bonds is 6. The quantitative estimate of drug-likeness (QED) is 0.640. The number of nitrogen functional groups attached to an aromatic ring is 1. The van der Waals surface area contributed by atoms with Gasteiger partial charge in [0.25, 0.3) is 0 Å². The van der Waals surface area contributed by atoms with E-state index < -0.39 is 0 Å². The van der Waals surface area contributed by atoms with Crippen LogP contribution in [0.5, 0.6) is 11.5 Å². The molecule has 0 spiro atoms. The summed E-state index contributed by atoms with van der Waals surface area (Å²) in [7, 11) is 1.55. The Labute approximate surface area is 162 Å². The summed E-state index contributed by atoms with van der Waals surface area (Å²) in [6.45, 7) is 0.411. The average molecular weight is 371 g/mol. The van der Waals surface area contributed by atoms with Crippen molar-refractivity contribution in [1.29, 1.82) is 10.5 Å². The SMILES string of the molecule is COc1cc(/C=C(\C#N)c2[nH]nc(N)c2C#N)ccc1OCc1ccccc1. The topological polar surface area (TPSA) is 121 Å². The summed E-state index contributed by atoms with van der Waals surface area (Å²) in [4.78, 5) is 0. The number of hydrogen-bond acceptors (Lipinski definition) is 6. The molecule has 3 rings (SSSR count). The van der Waals surface area contributed by atoms with Crippen LogP contribution in [0.2, 0.25) is 0 Å². The molecule has 0 aliphatic carbocycles. The monoisotopic (exact) mass is 371 g/mol. The van der Waals surface area contributed by atoms with Crippen molar-refractivity contribution in [3.05, 3.63) is 70.9 Å². The molecule has 0 atom stereocenters. The highest BCUT2D eigenvalue weighted by atomic mass is 16.5. The first-order chi connectivity index (χ1) is 13.7. The molecule has 0 fully saturated rings. The predicted octanol–water partition coefficient (Wildman–Crippen LogP) is 3.52. The molecular formula is C21H17N5O2. The van der Waals surface area contributed by atoms with Gasteiger partial charge in [-0.15, -0.1) is 0 Å². The molecule has 28 heavy (non-hydrogen) atoms. The van der Waals surface area contributed by atoms with Crippen molar-refractivity contribution in [2.24, 2.45) is 0 Å². The van der Waals surface area contributed by atoms with Crippen molar-refractivity contribution in [3.8, 4) is 23.6 Å².